The van der Waals surface area contributed by atoms with Gasteiger partial charge in [-0.25, -0.2) is 0 Å². The van der Waals surface area contributed by atoms with Gasteiger partial charge in [0.2, 0.25) is 0 Å². The highest BCUT2D eigenvalue weighted by atomic mass is 16.5. The monoisotopic (exact) mass is 299 g/mol. The number of methoxy groups -OCH3 is 1. The molecule has 1 heterocycles. The van der Waals surface area contributed by atoms with E-state index in [2.05, 4.69) is 22.5 Å². The summed E-state index contributed by atoms with van der Waals surface area (Å²) in [6.45, 7) is 2.77. The zero-order valence-electron chi connectivity index (χ0n) is 12.9. The van der Waals surface area contributed by atoms with E-state index >= 15 is 0 Å². The first kappa shape index (κ1) is 15.8. The molecule has 0 aliphatic carbocycles. The van der Waals surface area contributed by atoms with E-state index in [4.69, 9.17) is 4.74 Å². The SMILES string of the molecule is CCCCNC(=O)c1cncc(Nc2ccccc2OC)c1. The second-order valence-electron chi connectivity index (χ2n) is 4.90. The van der Waals surface area contributed by atoms with Gasteiger partial charge in [0.1, 0.15) is 5.75 Å². The minimum Gasteiger partial charge on any atom is -0.495 e. The van der Waals surface area contributed by atoms with Crippen LogP contribution >= 0.6 is 0 Å². The van der Waals surface area contributed by atoms with Crippen LogP contribution in [-0.4, -0.2) is 24.5 Å². The molecule has 2 N–H and O–H groups in total. The van der Waals surface area contributed by atoms with Gasteiger partial charge in [-0.1, -0.05) is 25.5 Å². The summed E-state index contributed by atoms with van der Waals surface area (Å²) in [6.07, 6.45) is 5.26. The number of unbranched alkanes of at least 4 members (excludes halogenated alkanes) is 1. The average Bonchev–Trinajstić information content (AvgIpc) is 2.56. The first-order chi connectivity index (χ1) is 10.7. The number of pyridine rings is 1. The summed E-state index contributed by atoms with van der Waals surface area (Å²) in [5.74, 6) is 0.630. The molecule has 2 aromatic rings. The average molecular weight is 299 g/mol. The number of carbonyl (C=O) groups is 1. The fourth-order valence-electron chi connectivity index (χ4n) is 2.02. The number of amides is 1. The molecule has 0 radical (unpaired) electrons. The van der Waals surface area contributed by atoms with Crippen molar-refractivity contribution >= 4 is 17.3 Å². The number of anilines is 2. The van der Waals surface area contributed by atoms with Crippen molar-refractivity contribution in [3.05, 3.63) is 48.3 Å². The number of aromatic nitrogens is 1. The molecule has 0 atom stereocenters. The number of para-hydroxylation sites is 2. The molecule has 22 heavy (non-hydrogen) atoms. The van der Waals surface area contributed by atoms with Crippen LogP contribution in [-0.2, 0) is 0 Å². The van der Waals surface area contributed by atoms with E-state index in [0.717, 1.165) is 30.0 Å². The van der Waals surface area contributed by atoms with Gasteiger partial charge in [-0.05, 0) is 24.6 Å². The molecule has 1 aromatic carbocycles. The summed E-state index contributed by atoms with van der Waals surface area (Å²) in [5.41, 5.74) is 2.11. The Morgan fingerprint density at radius 2 is 2.09 bits per heavy atom. The van der Waals surface area contributed by atoms with Crippen molar-refractivity contribution in [2.24, 2.45) is 0 Å². The lowest BCUT2D eigenvalue weighted by Crippen LogP contribution is -2.24. The van der Waals surface area contributed by atoms with Gasteiger partial charge >= 0.3 is 0 Å². The van der Waals surface area contributed by atoms with E-state index in [-0.39, 0.29) is 5.91 Å². The predicted octanol–water partition coefficient (Wildman–Crippen LogP) is 3.36. The normalized spacial score (nSPS) is 10.1. The number of hydrogen-bond acceptors (Lipinski definition) is 4. The molecule has 0 fully saturated rings. The lowest BCUT2D eigenvalue weighted by atomic mass is 10.2. The smallest absolute Gasteiger partial charge is 0.252 e. The molecule has 5 nitrogen and oxygen atoms in total. The molecule has 0 aliphatic heterocycles. The lowest BCUT2D eigenvalue weighted by molar-refractivity contribution is 0.0953. The van der Waals surface area contributed by atoms with Crippen molar-refractivity contribution in [1.82, 2.24) is 10.3 Å². The van der Waals surface area contributed by atoms with E-state index in [9.17, 15) is 4.79 Å². The molecule has 2 rings (SSSR count). The third-order valence-electron chi connectivity index (χ3n) is 3.20. The number of carbonyl (C=O) groups excluding carboxylic acids is 1. The molecule has 0 unspecified atom stereocenters. The Kier molecular flexibility index (Phi) is 5.77. The Hall–Kier alpha value is -2.56. The Morgan fingerprint density at radius 3 is 2.86 bits per heavy atom. The number of rotatable bonds is 7. The summed E-state index contributed by atoms with van der Waals surface area (Å²) in [6, 6.07) is 9.38. The first-order valence-corrected chi connectivity index (χ1v) is 7.38. The molecule has 1 amide bonds. The second-order valence-corrected chi connectivity index (χ2v) is 4.90. The van der Waals surface area contributed by atoms with Crippen molar-refractivity contribution < 1.29 is 9.53 Å². The van der Waals surface area contributed by atoms with Crippen LogP contribution in [0.1, 0.15) is 30.1 Å². The Labute approximate surface area is 130 Å². The molecule has 116 valence electrons. The maximum absolute atomic E-state index is 12.0. The van der Waals surface area contributed by atoms with Gasteiger partial charge in [-0.15, -0.1) is 0 Å². The molecule has 0 saturated heterocycles. The van der Waals surface area contributed by atoms with Gasteiger partial charge < -0.3 is 15.4 Å². The minimum atomic E-state index is -0.107. The summed E-state index contributed by atoms with van der Waals surface area (Å²) >= 11 is 0. The third-order valence-corrected chi connectivity index (χ3v) is 3.20. The van der Waals surface area contributed by atoms with Crippen molar-refractivity contribution in [1.29, 1.82) is 0 Å². The largest absolute Gasteiger partial charge is 0.495 e. The minimum absolute atomic E-state index is 0.107. The fourth-order valence-corrected chi connectivity index (χ4v) is 2.02. The van der Waals surface area contributed by atoms with Crippen LogP contribution in [0.3, 0.4) is 0 Å². The molecular weight excluding hydrogens is 278 g/mol. The number of nitrogens with one attached hydrogen (secondary N) is 2. The number of hydrogen-bond donors (Lipinski definition) is 2. The van der Waals surface area contributed by atoms with Crippen molar-refractivity contribution in [2.75, 3.05) is 19.0 Å². The van der Waals surface area contributed by atoms with Crippen LogP contribution in [0.2, 0.25) is 0 Å². The first-order valence-electron chi connectivity index (χ1n) is 7.38. The molecule has 0 spiro atoms. The van der Waals surface area contributed by atoms with Crippen LogP contribution in [0, 0.1) is 0 Å². The highest BCUT2D eigenvalue weighted by Gasteiger charge is 2.07. The van der Waals surface area contributed by atoms with Crippen molar-refractivity contribution in [2.45, 2.75) is 19.8 Å². The maximum atomic E-state index is 12.0. The van der Waals surface area contributed by atoms with E-state index in [1.165, 1.54) is 0 Å². The maximum Gasteiger partial charge on any atom is 0.252 e. The zero-order chi connectivity index (χ0) is 15.8. The van der Waals surface area contributed by atoms with Gasteiger partial charge in [0.05, 0.1) is 30.2 Å². The van der Waals surface area contributed by atoms with Crippen LogP contribution in [0.4, 0.5) is 11.4 Å². The van der Waals surface area contributed by atoms with Crippen LogP contribution in [0.25, 0.3) is 0 Å². The molecule has 0 aliphatic rings. The summed E-state index contributed by atoms with van der Waals surface area (Å²) in [4.78, 5) is 16.2. The summed E-state index contributed by atoms with van der Waals surface area (Å²) < 4.78 is 5.30. The third kappa shape index (κ3) is 4.22. The van der Waals surface area contributed by atoms with E-state index in [1.807, 2.05) is 24.3 Å². The van der Waals surface area contributed by atoms with Gasteiger partial charge in [0, 0.05) is 12.7 Å². The number of benzene rings is 1. The van der Waals surface area contributed by atoms with E-state index in [0.29, 0.717) is 12.1 Å². The molecule has 1 aromatic heterocycles. The topological polar surface area (TPSA) is 63.2 Å². The number of nitrogens with zero attached hydrogens (tertiary/aromatic N) is 1. The standard InChI is InChI=1S/C17H21N3O2/c1-3-4-9-19-17(21)13-10-14(12-18-11-13)20-15-7-5-6-8-16(15)22-2/h5-8,10-12,20H,3-4,9H2,1-2H3,(H,19,21). The number of ether oxygens (including phenoxy) is 1. The van der Waals surface area contributed by atoms with Crippen LogP contribution < -0.4 is 15.4 Å². The highest BCUT2D eigenvalue weighted by Crippen LogP contribution is 2.26. The quantitative estimate of drug-likeness (QED) is 0.769. The summed E-state index contributed by atoms with van der Waals surface area (Å²) in [5, 5.41) is 6.10. The van der Waals surface area contributed by atoms with Crippen molar-refractivity contribution in [3.8, 4) is 5.75 Å². The predicted molar refractivity (Wildman–Crippen MR) is 87.8 cm³/mol. The lowest BCUT2D eigenvalue weighted by Gasteiger charge is -2.11. The Balaban J connectivity index is 2.09. The highest BCUT2D eigenvalue weighted by molar-refractivity contribution is 5.94. The Morgan fingerprint density at radius 1 is 1.27 bits per heavy atom. The van der Waals surface area contributed by atoms with Crippen LogP contribution in [0.15, 0.2) is 42.7 Å². The molecule has 0 saturated carbocycles. The molecule has 5 heteroatoms. The van der Waals surface area contributed by atoms with Gasteiger partial charge in [-0.3, -0.25) is 9.78 Å². The van der Waals surface area contributed by atoms with Gasteiger partial charge in [0.15, 0.2) is 0 Å². The summed E-state index contributed by atoms with van der Waals surface area (Å²) in [7, 11) is 1.62. The van der Waals surface area contributed by atoms with Crippen molar-refractivity contribution in [3.63, 3.8) is 0 Å². The zero-order valence-corrected chi connectivity index (χ0v) is 12.9. The van der Waals surface area contributed by atoms with E-state index < -0.39 is 0 Å². The van der Waals surface area contributed by atoms with Gasteiger partial charge in [-0.2, -0.15) is 0 Å². The van der Waals surface area contributed by atoms with Gasteiger partial charge in [0.25, 0.3) is 5.91 Å². The fraction of sp³-hybridized carbons (Fsp3) is 0.294. The molecule has 0 bridgehead atoms. The Bertz CT molecular complexity index is 629. The van der Waals surface area contributed by atoms with Crippen LogP contribution in [0.5, 0.6) is 5.75 Å². The van der Waals surface area contributed by atoms with E-state index in [1.54, 1.807) is 25.6 Å². The molecular formula is C17H21N3O2. The second kappa shape index (κ2) is 8.02.